The Morgan fingerprint density at radius 2 is 1.76 bits per heavy atom. The average Bonchev–Trinajstić information content (AvgIpc) is 3.00. The highest BCUT2D eigenvalue weighted by Crippen LogP contribution is 2.35. The van der Waals surface area contributed by atoms with Gasteiger partial charge in [0.15, 0.2) is 0 Å². The van der Waals surface area contributed by atoms with Gasteiger partial charge in [-0.15, -0.1) is 0 Å². The van der Waals surface area contributed by atoms with Crippen molar-refractivity contribution in [3.63, 3.8) is 0 Å². The average molecular weight is 376 g/mol. The number of piperazine rings is 1. The number of hydrogen-bond acceptors (Lipinski definition) is 3. The van der Waals surface area contributed by atoms with Crippen LogP contribution in [-0.4, -0.2) is 37.6 Å². The number of nitrogen functional groups attached to an aromatic ring is 1. The van der Waals surface area contributed by atoms with Crippen molar-refractivity contribution >= 4 is 34.6 Å². The van der Waals surface area contributed by atoms with Gasteiger partial charge in [0.05, 0.1) is 10.0 Å². The van der Waals surface area contributed by atoms with Crippen molar-refractivity contribution in [2.45, 2.75) is 18.8 Å². The van der Waals surface area contributed by atoms with Gasteiger partial charge in [0.1, 0.15) is 0 Å². The Kier molecular flexibility index (Phi) is 4.81. The monoisotopic (exact) mass is 375 g/mol. The quantitative estimate of drug-likeness (QED) is 0.805. The minimum absolute atomic E-state index is 0.614. The molecule has 2 aliphatic rings. The fraction of sp³-hybridized carbons (Fsp3) is 0.400. The molecule has 4 rings (SSSR count). The second-order valence-corrected chi connectivity index (χ2v) is 7.89. The summed E-state index contributed by atoms with van der Waals surface area (Å²) >= 11 is 12.2. The molecule has 1 fully saturated rings. The maximum absolute atomic E-state index is 6.16. The van der Waals surface area contributed by atoms with Crippen LogP contribution < -0.4 is 10.6 Å². The van der Waals surface area contributed by atoms with Gasteiger partial charge in [-0.3, -0.25) is 4.90 Å². The van der Waals surface area contributed by atoms with Crippen LogP contribution in [0.4, 0.5) is 11.4 Å². The van der Waals surface area contributed by atoms with Crippen molar-refractivity contribution < 1.29 is 0 Å². The predicted octanol–water partition coefficient (Wildman–Crippen LogP) is 4.43. The van der Waals surface area contributed by atoms with E-state index in [4.69, 9.17) is 28.9 Å². The van der Waals surface area contributed by atoms with Crippen molar-refractivity contribution in [3.8, 4) is 0 Å². The molecule has 0 bridgehead atoms. The van der Waals surface area contributed by atoms with Crippen molar-refractivity contribution in [2.75, 3.05) is 43.4 Å². The first-order valence-corrected chi connectivity index (χ1v) is 9.66. The van der Waals surface area contributed by atoms with E-state index in [9.17, 15) is 0 Å². The van der Waals surface area contributed by atoms with Crippen molar-refractivity contribution in [1.29, 1.82) is 0 Å². The van der Waals surface area contributed by atoms with Crippen LogP contribution in [0.15, 0.2) is 36.4 Å². The number of aryl methyl sites for hydroxylation is 1. The van der Waals surface area contributed by atoms with Crippen molar-refractivity contribution in [3.05, 3.63) is 57.6 Å². The lowest BCUT2D eigenvalue weighted by atomic mass is 10.00. The Bertz CT molecular complexity index is 770. The Morgan fingerprint density at radius 1 is 0.960 bits per heavy atom. The lowest BCUT2D eigenvalue weighted by molar-refractivity contribution is 0.241. The van der Waals surface area contributed by atoms with Crippen LogP contribution in [-0.2, 0) is 6.42 Å². The number of nitrogens with two attached hydrogens (primary N) is 1. The zero-order valence-electron chi connectivity index (χ0n) is 14.2. The highest BCUT2D eigenvalue weighted by atomic mass is 35.5. The predicted molar refractivity (Wildman–Crippen MR) is 107 cm³/mol. The highest BCUT2D eigenvalue weighted by Gasteiger charge is 2.26. The largest absolute Gasteiger partial charge is 0.399 e. The van der Waals surface area contributed by atoms with Crippen molar-refractivity contribution in [1.82, 2.24) is 4.90 Å². The Hall–Kier alpha value is -1.42. The molecule has 1 aliphatic carbocycles. The summed E-state index contributed by atoms with van der Waals surface area (Å²) in [5.41, 5.74) is 11.0. The highest BCUT2D eigenvalue weighted by molar-refractivity contribution is 6.42. The van der Waals surface area contributed by atoms with E-state index >= 15 is 0 Å². The zero-order chi connectivity index (χ0) is 17.4. The second kappa shape index (κ2) is 7.06. The third-order valence-corrected chi connectivity index (χ3v) is 6.23. The zero-order valence-corrected chi connectivity index (χ0v) is 15.7. The SMILES string of the molecule is Nc1ccc2c(c1)C(CN1CCN(c3ccc(Cl)c(Cl)c3)CC1)CC2. The van der Waals surface area contributed by atoms with E-state index in [1.165, 1.54) is 24.0 Å². The molecule has 0 saturated carbocycles. The first-order valence-electron chi connectivity index (χ1n) is 8.91. The third kappa shape index (κ3) is 3.59. The van der Waals surface area contributed by atoms with Gasteiger partial charge < -0.3 is 10.6 Å². The van der Waals surface area contributed by atoms with E-state index in [1.807, 2.05) is 18.2 Å². The van der Waals surface area contributed by atoms with Gasteiger partial charge in [-0.1, -0.05) is 29.3 Å². The number of nitrogens with zero attached hydrogens (tertiary/aromatic N) is 2. The molecule has 2 N–H and O–H groups in total. The fourth-order valence-corrected chi connectivity index (χ4v) is 4.37. The van der Waals surface area contributed by atoms with Crippen molar-refractivity contribution in [2.24, 2.45) is 0 Å². The number of halogens is 2. The summed E-state index contributed by atoms with van der Waals surface area (Å²) in [5, 5.41) is 1.24. The molecule has 1 atom stereocenters. The minimum atomic E-state index is 0.614. The van der Waals surface area contributed by atoms with Crippen LogP contribution in [0.1, 0.15) is 23.5 Å². The summed E-state index contributed by atoms with van der Waals surface area (Å²) < 4.78 is 0. The van der Waals surface area contributed by atoms with E-state index in [1.54, 1.807) is 0 Å². The summed E-state index contributed by atoms with van der Waals surface area (Å²) in [4.78, 5) is 4.97. The lowest BCUT2D eigenvalue weighted by Crippen LogP contribution is -2.47. The van der Waals surface area contributed by atoms with Crippen LogP contribution in [0.25, 0.3) is 0 Å². The van der Waals surface area contributed by atoms with E-state index < -0.39 is 0 Å². The van der Waals surface area contributed by atoms with Gasteiger partial charge in [0.2, 0.25) is 0 Å². The molecular weight excluding hydrogens is 353 g/mol. The maximum Gasteiger partial charge on any atom is 0.0612 e. The molecule has 2 aromatic rings. The van der Waals surface area contributed by atoms with Gasteiger partial charge in [0, 0.05) is 44.1 Å². The summed E-state index contributed by atoms with van der Waals surface area (Å²) in [6.07, 6.45) is 2.43. The molecule has 132 valence electrons. The normalized spacial score (nSPS) is 20.7. The van der Waals surface area contributed by atoms with Gasteiger partial charge in [-0.25, -0.2) is 0 Å². The van der Waals surface area contributed by atoms with Gasteiger partial charge in [-0.2, -0.15) is 0 Å². The Labute approximate surface area is 159 Å². The minimum Gasteiger partial charge on any atom is -0.399 e. The number of rotatable bonds is 3. The van der Waals surface area contributed by atoms with Gasteiger partial charge in [0.25, 0.3) is 0 Å². The Balaban J connectivity index is 1.37. The molecule has 0 aromatic heterocycles. The van der Waals surface area contributed by atoms with Crippen LogP contribution in [0.5, 0.6) is 0 Å². The Morgan fingerprint density at radius 3 is 2.52 bits per heavy atom. The molecule has 2 aromatic carbocycles. The fourth-order valence-electron chi connectivity index (χ4n) is 4.08. The van der Waals surface area contributed by atoms with Gasteiger partial charge in [-0.05, 0) is 60.2 Å². The summed E-state index contributed by atoms with van der Waals surface area (Å²) in [6.45, 7) is 5.33. The molecular formula is C20H23Cl2N3. The third-order valence-electron chi connectivity index (χ3n) is 5.49. The van der Waals surface area contributed by atoms with Crippen LogP contribution >= 0.6 is 23.2 Å². The summed E-state index contributed by atoms with van der Waals surface area (Å²) in [6, 6.07) is 12.3. The molecule has 0 spiro atoms. The number of benzene rings is 2. The molecule has 0 amide bonds. The van der Waals surface area contributed by atoms with Crippen LogP contribution in [0.3, 0.4) is 0 Å². The van der Waals surface area contributed by atoms with Crippen LogP contribution in [0.2, 0.25) is 10.0 Å². The molecule has 1 aliphatic heterocycles. The smallest absolute Gasteiger partial charge is 0.0612 e. The molecule has 0 radical (unpaired) electrons. The van der Waals surface area contributed by atoms with Gasteiger partial charge >= 0.3 is 0 Å². The first-order chi connectivity index (χ1) is 12.1. The molecule has 3 nitrogen and oxygen atoms in total. The molecule has 5 heteroatoms. The maximum atomic E-state index is 6.16. The van der Waals surface area contributed by atoms with E-state index in [0.29, 0.717) is 16.0 Å². The lowest BCUT2D eigenvalue weighted by Gasteiger charge is -2.37. The number of hydrogen-bond donors (Lipinski definition) is 1. The van der Waals surface area contributed by atoms with E-state index in [0.717, 1.165) is 44.1 Å². The topological polar surface area (TPSA) is 32.5 Å². The molecule has 25 heavy (non-hydrogen) atoms. The first kappa shape index (κ1) is 17.0. The summed E-state index contributed by atoms with van der Waals surface area (Å²) in [7, 11) is 0. The molecule has 1 heterocycles. The number of anilines is 2. The summed E-state index contributed by atoms with van der Waals surface area (Å²) in [5.74, 6) is 0.620. The molecule has 1 saturated heterocycles. The second-order valence-electron chi connectivity index (χ2n) is 7.08. The van der Waals surface area contributed by atoms with E-state index in [-0.39, 0.29) is 0 Å². The standard InChI is InChI=1S/C20H23Cl2N3/c21-19-6-5-17(12-20(19)22)25-9-7-24(8-10-25)13-15-2-1-14-3-4-16(23)11-18(14)15/h3-6,11-12,15H,1-2,7-10,13,23H2. The van der Waals surface area contributed by atoms with Crippen LogP contribution in [0, 0.1) is 0 Å². The molecule has 1 unspecified atom stereocenters. The number of fused-ring (bicyclic) bond motifs is 1. The van der Waals surface area contributed by atoms with E-state index in [2.05, 4.69) is 28.0 Å².